The first kappa shape index (κ1) is 15.1. The van der Waals surface area contributed by atoms with Gasteiger partial charge in [0.25, 0.3) is 0 Å². The summed E-state index contributed by atoms with van der Waals surface area (Å²) in [5.41, 5.74) is 1.20. The predicted molar refractivity (Wildman–Crippen MR) is 84.4 cm³/mol. The van der Waals surface area contributed by atoms with Gasteiger partial charge in [0, 0.05) is 29.1 Å². The van der Waals surface area contributed by atoms with E-state index in [0.29, 0.717) is 11.3 Å². The molecular formula is C13H23N3OS2. The van der Waals surface area contributed by atoms with Crippen LogP contribution in [0.1, 0.15) is 25.1 Å². The van der Waals surface area contributed by atoms with Crippen molar-refractivity contribution in [3.05, 3.63) is 11.9 Å². The molecule has 1 N–H and O–H groups in total. The summed E-state index contributed by atoms with van der Waals surface area (Å²) in [5.74, 6) is 4.60. The van der Waals surface area contributed by atoms with Crippen LogP contribution in [0.3, 0.4) is 0 Å². The first-order valence-electron chi connectivity index (χ1n) is 6.78. The van der Waals surface area contributed by atoms with E-state index >= 15 is 0 Å². The number of hydrogen-bond acceptors (Lipinski definition) is 5. The van der Waals surface area contributed by atoms with E-state index in [4.69, 9.17) is 4.74 Å². The first-order valence-corrected chi connectivity index (χ1v) is 8.98. The van der Waals surface area contributed by atoms with Crippen molar-refractivity contribution in [2.75, 3.05) is 31.4 Å². The second kappa shape index (κ2) is 7.45. The van der Waals surface area contributed by atoms with Crippen LogP contribution < -0.4 is 10.1 Å². The van der Waals surface area contributed by atoms with Gasteiger partial charge in [-0.1, -0.05) is 6.92 Å². The largest absolute Gasteiger partial charge is 0.493 e. The van der Waals surface area contributed by atoms with E-state index < -0.39 is 0 Å². The zero-order chi connectivity index (χ0) is 13.7. The fourth-order valence-corrected chi connectivity index (χ4v) is 5.32. The van der Waals surface area contributed by atoms with E-state index in [1.165, 1.54) is 23.0 Å². The number of ether oxygens (including phenoxy) is 1. The van der Waals surface area contributed by atoms with Crippen LogP contribution >= 0.6 is 23.5 Å². The summed E-state index contributed by atoms with van der Waals surface area (Å²) in [6, 6.07) is 0.307. The Morgan fingerprint density at radius 3 is 3.00 bits per heavy atom. The lowest BCUT2D eigenvalue weighted by atomic mass is 10.1. The standard InChI is InChI=1S/C13H23N3OS2/c1-4-5-16-13(10(17-3)8-15-16)12(14-2)11-9-18-6-7-19-11/h8,11-12,14H,4-7,9H2,1-3H3. The van der Waals surface area contributed by atoms with E-state index in [0.717, 1.165) is 18.7 Å². The maximum atomic E-state index is 5.51. The monoisotopic (exact) mass is 301 g/mol. The molecule has 1 aromatic heterocycles. The molecule has 1 aliphatic heterocycles. The molecule has 1 fully saturated rings. The summed E-state index contributed by atoms with van der Waals surface area (Å²) < 4.78 is 7.60. The van der Waals surface area contributed by atoms with E-state index in [1.54, 1.807) is 7.11 Å². The van der Waals surface area contributed by atoms with Crippen LogP contribution in [0.25, 0.3) is 0 Å². The van der Waals surface area contributed by atoms with Crippen molar-refractivity contribution in [3.63, 3.8) is 0 Å². The molecule has 1 saturated heterocycles. The van der Waals surface area contributed by atoms with Gasteiger partial charge >= 0.3 is 0 Å². The zero-order valence-electron chi connectivity index (χ0n) is 11.9. The minimum Gasteiger partial charge on any atom is -0.493 e. The molecule has 2 rings (SSSR count). The Balaban J connectivity index is 2.26. The number of aromatic nitrogens is 2. The van der Waals surface area contributed by atoms with Crippen LogP contribution in [-0.4, -0.2) is 46.4 Å². The van der Waals surface area contributed by atoms with Gasteiger partial charge in [-0.2, -0.15) is 28.6 Å². The first-order chi connectivity index (χ1) is 9.31. The van der Waals surface area contributed by atoms with Crippen molar-refractivity contribution < 1.29 is 4.74 Å². The Hall–Kier alpha value is -0.330. The number of rotatable bonds is 6. The fraction of sp³-hybridized carbons (Fsp3) is 0.769. The Morgan fingerprint density at radius 1 is 1.58 bits per heavy atom. The normalized spacial score (nSPS) is 21.3. The maximum Gasteiger partial charge on any atom is 0.161 e. The molecule has 6 heteroatoms. The van der Waals surface area contributed by atoms with E-state index in [1.807, 2.05) is 25.0 Å². The quantitative estimate of drug-likeness (QED) is 0.873. The molecule has 0 radical (unpaired) electrons. The summed E-state index contributed by atoms with van der Waals surface area (Å²) in [6.45, 7) is 3.12. The summed E-state index contributed by atoms with van der Waals surface area (Å²) in [7, 11) is 3.76. The molecule has 2 atom stereocenters. The third-order valence-corrected chi connectivity index (χ3v) is 6.18. The minimum absolute atomic E-state index is 0.307. The average molecular weight is 301 g/mol. The van der Waals surface area contributed by atoms with E-state index in [2.05, 4.69) is 33.8 Å². The number of aryl methyl sites for hydroxylation is 1. The number of nitrogens with one attached hydrogen (secondary N) is 1. The lowest BCUT2D eigenvalue weighted by molar-refractivity contribution is 0.393. The van der Waals surface area contributed by atoms with Gasteiger partial charge in [0.15, 0.2) is 5.75 Å². The molecule has 0 bridgehead atoms. The van der Waals surface area contributed by atoms with Crippen molar-refractivity contribution in [1.29, 1.82) is 0 Å². The molecule has 0 aliphatic carbocycles. The smallest absolute Gasteiger partial charge is 0.161 e. The van der Waals surface area contributed by atoms with Gasteiger partial charge in [0.2, 0.25) is 0 Å². The van der Waals surface area contributed by atoms with Crippen LogP contribution in [0.2, 0.25) is 0 Å². The second-order valence-corrected chi connectivity index (χ2v) is 7.07. The summed E-state index contributed by atoms with van der Waals surface area (Å²) >= 11 is 4.11. The van der Waals surface area contributed by atoms with Gasteiger partial charge in [-0.25, -0.2) is 0 Å². The Bertz CT molecular complexity index is 391. The van der Waals surface area contributed by atoms with Gasteiger partial charge in [-0.05, 0) is 13.5 Å². The maximum absolute atomic E-state index is 5.51. The van der Waals surface area contributed by atoms with Gasteiger partial charge in [0.1, 0.15) is 0 Å². The molecule has 2 unspecified atom stereocenters. The van der Waals surface area contributed by atoms with Gasteiger partial charge in [-0.3, -0.25) is 4.68 Å². The van der Waals surface area contributed by atoms with Gasteiger partial charge in [-0.15, -0.1) is 0 Å². The summed E-state index contributed by atoms with van der Waals surface area (Å²) in [6.07, 6.45) is 2.93. The highest BCUT2D eigenvalue weighted by molar-refractivity contribution is 8.06. The molecule has 19 heavy (non-hydrogen) atoms. The van der Waals surface area contributed by atoms with Gasteiger partial charge < -0.3 is 10.1 Å². The van der Waals surface area contributed by atoms with E-state index in [-0.39, 0.29) is 0 Å². The minimum atomic E-state index is 0.307. The molecule has 0 amide bonds. The Kier molecular flexibility index (Phi) is 5.91. The fourth-order valence-electron chi connectivity index (χ4n) is 2.44. The number of thioether (sulfide) groups is 2. The average Bonchev–Trinajstić information content (AvgIpc) is 2.85. The third-order valence-electron chi connectivity index (χ3n) is 3.32. The molecule has 2 heterocycles. The Morgan fingerprint density at radius 2 is 2.42 bits per heavy atom. The van der Waals surface area contributed by atoms with Crippen LogP contribution in [0.4, 0.5) is 0 Å². The van der Waals surface area contributed by atoms with Gasteiger partial charge in [0.05, 0.1) is 25.0 Å². The second-order valence-electron chi connectivity index (χ2n) is 4.57. The van der Waals surface area contributed by atoms with Crippen LogP contribution in [0.15, 0.2) is 6.20 Å². The highest BCUT2D eigenvalue weighted by Crippen LogP contribution is 2.36. The molecule has 1 aromatic rings. The number of hydrogen-bond donors (Lipinski definition) is 1. The number of methoxy groups -OCH3 is 1. The van der Waals surface area contributed by atoms with Crippen molar-refractivity contribution in [1.82, 2.24) is 15.1 Å². The molecule has 0 spiro atoms. The lowest BCUT2D eigenvalue weighted by Crippen LogP contribution is -2.33. The third kappa shape index (κ3) is 3.41. The van der Waals surface area contributed by atoms with E-state index in [9.17, 15) is 0 Å². The molecule has 108 valence electrons. The SMILES string of the molecule is CCCn1ncc(OC)c1C(NC)C1CSCCS1. The topological polar surface area (TPSA) is 39.1 Å². The summed E-state index contributed by atoms with van der Waals surface area (Å²) in [4.78, 5) is 0. The molecule has 1 aliphatic rings. The van der Waals surface area contributed by atoms with Crippen molar-refractivity contribution in [3.8, 4) is 5.75 Å². The van der Waals surface area contributed by atoms with Crippen molar-refractivity contribution in [2.45, 2.75) is 31.2 Å². The zero-order valence-corrected chi connectivity index (χ0v) is 13.5. The number of nitrogens with zero attached hydrogens (tertiary/aromatic N) is 2. The molecular weight excluding hydrogens is 278 g/mol. The molecule has 0 aromatic carbocycles. The highest BCUT2D eigenvalue weighted by Gasteiger charge is 2.30. The van der Waals surface area contributed by atoms with Crippen molar-refractivity contribution >= 4 is 23.5 Å². The predicted octanol–water partition coefficient (Wildman–Crippen LogP) is 2.41. The van der Waals surface area contributed by atoms with Crippen LogP contribution in [0.5, 0.6) is 5.75 Å². The highest BCUT2D eigenvalue weighted by atomic mass is 32.2. The van der Waals surface area contributed by atoms with Crippen LogP contribution in [-0.2, 0) is 6.54 Å². The lowest BCUT2D eigenvalue weighted by Gasteiger charge is -2.30. The Labute approximate surface area is 124 Å². The van der Waals surface area contributed by atoms with Crippen LogP contribution in [0, 0.1) is 0 Å². The molecule has 4 nitrogen and oxygen atoms in total. The molecule has 0 saturated carbocycles. The summed E-state index contributed by atoms with van der Waals surface area (Å²) in [5, 5.41) is 8.54. The van der Waals surface area contributed by atoms with Crippen molar-refractivity contribution in [2.24, 2.45) is 0 Å².